The monoisotopic (exact) mass is 346 g/mol. The molecule has 1 saturated heterocycles. The molecule has 0 aliphatic carbocycles. The van der Waals surface area contributed by atoms with Crippen molar-refractivity contribution in [3.8, 4) is 5.75 Å². The molecule has 2 aromatic rings. The van der Waals surface area contributed by atoms with Crippen molar-refractivity contribution in [1.82, 2.24) is 10.2 Å². The van der Waals surface area contributed by atoms with Crippen LogP contribution in [0.3, 0.4) is 0 Å². The minimum Gasteiger partial charge on any atom is -0.489 e. The summed E-state index contributed by atoms with van der Waals surface area (Å²) < 4.78 is 5.81. The van der Waals surface area contributed by atoms with Crippen LogP contribution in [-0.2, 0) is 6.61 Å². The molecule has 0 saturated carbocycles. The highest BCUT2D eigenvalue weighted by Gasteiger charge is 2.24. The summed E-state index contributed by atoms with van der Waals surface area (Å²) in [6.45, 7) is 2.34. The van der Waals surface area contributed by atoms with E-state index in [0.717, 1.165) is 30.8 Å². The molecule has 1 aliphatic heterocycles. The predicted octanol–water partition coefficient (Wildman–Crippen LogP) is 3.12. The summed E-state index contributed by atoms with van der Waals surface area (Å²) >= 11 is 0. The number of carbonyl (C=O) groups is 1. The van der Waals surface area contributed by atoms with E-state index >= 15 is 0 Å². The van der Waals surface area contributed by atoms with Crippen LogP contribution in [0.2, 0.25) is 0 Å². The van der Waals surface area contributed by atoms with Gasteiger partial charge in [0, 0.05) is 25.2 Å². The molecule has 1 atom stereocenters. The molecule has 4 nitrogen and oxygen atoms in total. The van der Waals surface area contributed by atoms with Crippen molar-refractivity contribution in [3.63, 3.8) is 0 Å². The molecular formula is C19H23ClN2O2. The number of amides is 1. The Morgan fingerprint density at radius 1 is 1.21 bits per heavy atom. The molecule has 1 heterocycles. The fourth-order valence-corrected chi connectivity index (χ4v) is 2.80. The third kappa shape index (κ3) is 4.49. The van der Waals surface area contributed by atoms with Crippen molar-refractivity contribution in [1.29, 1.82) is 0 Å². The molecule has 0 aromatic heterocycles. The molecule has 3 rings (SSSR count). The van der Waals surface area contributed by atoms with Gasteiger partial charge in [0.25, 0.3) is 5.91 Å². The van der Waals surface area contributed by atoms with Gasteiger partial charge in [0.15, 0.2) is 0 Å². The van der Waals surface area contributed by atoms with Gasteiger partial charge in [0.1, 0.15) is 12.4 Å². The lowest BCUT2D eigenvalue weighted by atomic mass is 10.1. The van der Waals surface area contributed by atoms with Gasteiger partial charge in [0.2, 0.25) is 0 Å². The predicted molar refractivity (Wildman–Crippen MR) is 97.8 cm³/mol. The quantitative estimate of drug-likeness (QED) is 0.904. The van der Waals surface area contributed by atoms with Gasteiger partial charge in [-0.15, -0.1) is 12.4 Å². The highest BCUT2D eigenvalue weighted by Crippen LogP contribution is 2.18. The van der Waals surface area contributed by atoms with Gasteiger partial charge in [0.05, 0.1) is 0 Å². The van der Waals surface area contributed by atoms with Crippen molar-refractivity contribution >= 4 is 18.3 Å². The Morgan fingerprint density at radius 3 is 2.71 bits per heavy atom. The first-order chi connectivity index (χ1) is 11.2. The zero-order valence-electron chi connectivity index (χ0n) is 13.8. The molecular weight excluding hydrogens is 324 g/mol. The molecule has 2 aromatic carbocycles. The smallest absolute Gasteiger partial charge is 0.254 e. The van der Waals surface area contributed by atoms with Gasteiger partial charge in [-0.1, -0.05) is 36.4 Å². The molecule has 5 heteroatoms. The van der Waals surface area contributed by atoms with Crippen LogP contribution >= 0.6 is 12.4 Å². The minimum atomic E-state index is 0. The van der Waals surface area contributed by atoms with E-state index in [1.54, 1.807) is 0 Å². The van der Waals surface area contributed by atoms with Crippen molar-refractivity contribution in [2.45, 2.75) is 19.1 Å². The second-order valence-electron chi connectivity index (χ2n) is 5.86. The molecule has 128 valence electrons. The third-order valence-corrected chi connectivity index (χ3v) is 4.23. The van der Waals surface area contributed by atoms with E-state index < -0.39 is 0 Å². The van der Waals surface area contributed by atoms with E-state index in [0.29, 0.717) is 12.2 Å². The second-order valence-corrected chi connectivity index (χ2v) is 5.86. The minimum absolute atomic E-state index is 0. The molecule has 0 bridgehead atoms. The molecule has 0 spiro atoms. The highest BCUT2D eigenvalue weighted by molar-refractivity contribution is 5.94. The molecule has 24 heavy (non-hydrogen) atoms. The Bertz CT molecular complexity index is 657. The number of likely N-dealkylation sites (N-methyl/N-ethyl adjacent to an activating group) is 1. The number of hydrogen-bond donors (Lipinski definition) is 1. The van der Waals surface area contributed by atoms with E-state index in [9.17, 15) is 4.79 Å². The summed E-state index contributed by atoms with van der Waals surface area (Å²) in [5.41, 5.74) is 1.78. The van der Waals surface area contributed by atoms with Crippen LogP contribution in [0.5, 0.6) is 5.75 Å². The SMILES string of the molecule is CN(C(=O)c1cccc(OCc2ccccc2)c1)[C@@H]1CCNC1.Cl. The number of rotatable bonds is 5. The van der Waals surface area contributed by atoms with Crippen LogP contribution in [0.15, 0.2) is 54.6 Å². The molecule has 0 unspecified atom stereocenters. The van der Waals surface area contributed by atoms with Gasteiger partial charge >= 0.3 is 0 Å². The summed E-state index contributed by atoms with van der Waals surface area (Å²) in [7, 11) is 1.87. The summed E-state index contributed by atoms with van der Waals surface area (Å²) in [5, 5.41) is 3.29. The van der Waals surface area contributed by atoms with Crippen LogP contribution in [-0.4, -0.2) is 37.0 Å². The molecule has 1 fully saturated rings. The zero-order valence-corrected chi connectivity index (χ0v) is 14.6. The van der Waals surface area contributed by atoms with Crippen molar-refractivity contribution in [2.75, 3.05) is 20.1 Å². The van der Waals surface area contributed by atoms with Gasteiger partial charge < -0.3 is 15.0 Å². The summed E-state index contributed by atoms with van der Waals surface area (Å²) in [5.74, 6) is 0.765. The first-order valence-electron chi connectivity index (χ1n) is 7.99. The fraction of sp³-hybridized carbons (Fsp3) is 0.316. The lowest BCUT2D eigenvalue weighted by Gasteiger charge is -2.24. The van der Waals surface area contributed by atoms with E-state index in [2.05, 4.69) is 5.32 Å². The number of nitrogens with one attached hydrogen (secondary N) is 1. The Hall–Kier alpha value is -2.04. The van der Waals surface area contributed by atoms with Crippen LogP contribution < -0.4 is 10.1 Å². The van der Waals surface area contributed by atoms with Crippen molar-refractivity contribution < 1.29 is 9.53 Å². The van der Waals surface area contributed by atoms with Gasteiger partial charge in [-0.3, -0.25) is 4.79 Å². The largest absolute Gasteiger partial charge is 0.489 e. The topological polar surface area (TPSA) is 41.6 Å². The van der Waals surface area contributed by atoms with E-state index in [1.165, 1.54) is 0 Å². The Labute approximate surface area is 149 Å². The Morgan fingerprint density at radius 2 is 2.00 bits per heavy atom. The second kappa shape index (κ2) is 8.71. The van der Waals surface area contributed by atoms with Crippen molar-refractivity contribution in [3.05, 3.63) is 65.7 Å². The normalized spacial score (nSPS) is 16.3. The van der Waals surface area contributed by atoms with E-state index in [1.807, 2.05) is 66.5 Å². The average molecular weight is 347 g/mol. The molecule has 1 aliphatic rings. The number of carbonyl (C=O) groups excluding carboxylic acids is 1. The number of nitrogens with zero attached hydrogens (tertiary/aromatic N) is 1. The lowest BCUT2D eigenvalue weighted by molar-refractivity contribution is 0.0743. The number of halogens is 1. The fourth-order valence-electron chi connectivity index (χ4n) is 2.80. The highest BCUT2D eigenvalue weighted by atomic mass is 35.5. The number of ether oxygens (including phenoxy) is 1. The number of hydrogen-bond acceptors (Lipinski definition) is 3. The lowest BCUT2D eigenvalue weighted by Crippen LogP contribution is -2.38. The van der Waals surface area contributed by atoms with Gasteiger partial charge in [-0.05, 0) is 36.7 Å². The maximum Gasteiger partial charge on any atom is 0.254 e. The van der Waals surface area contributed by atoms with E-state index in [4.69, 9.17) is 4.74 Å². The standard InChI is InChI=1S/C19H22N2O2.ClH/c1-21(17-10-11-20-13-17)19(22)16-8-5-9-18(12-16)23-14-15-6-3-2-4-7-15;/h2-9,12,17,20H,10-11,13-14H2,1H3;1H/t17-;/m1./s1. The molecule has 1 amide bonds. The molecule has 0 radical (unpaired) electrons. The van der Waals surface area contributed by atoms with Crippen LogP contribution in [0, 0.1) is 0 Å². The van der Waals surface area contributed by atoms with Crippen LogP contribution in [0.4, 0.5) is 0 Å². The zero-order chi connectivity index (χ0) is 16.1. The maximum absolute atomic E-state index is 12.6. The van der Waals surface area contributed by atoms with Crippen LogP contribution in [0.1, 0.15) is 22.3 Å². The third-order valence-electron chi connectivity index (χ3n) is 4.23. The van der Waals surface area contributed by atoms with Gasteiger partial charge in [-0.2, -0.15) is 0 Å². The van der Waals surface area contributed by atoms with Crippen LogP contribution in [0.25, 0.3) is 0 Å². The average Bonchev–Trinajstić information content (AvgIpc) is 3.14. The summed E-state index contributed by atoms with van der Waals surface area (Å²) in [4.78, 5) is 14.4. The van der Waals surface area contributed by atoms with Crippen molar-refractivity contribution in [2.24, 2.45) is 0 Å². The Kier molecular flexibility index (Phi) is 6.64. The number of benzene rings is 2. The summed E-state index contributed by atoms with van der Waals surface area (Å²) in [6.07, 6.45) is 1.01. The van der Waals surface area contributed by atoms with E-state index in [-0.39, 0.29) is 24.4 Å². The molecule has 1 N–H and O–H groups in total. The first kappa shape index (κ1) is 18.3. The van der Waals surface area contributed by atoms with Gasteiger partial charge in [-0.25, -0.2) is 0 Å². The summed E-state index contributed by atoms with van der Waals surface area (Å²) in [6, 6.07) is 17.7. The first-order valence-corrected chi connectivity index (χ1v) is 7.99. The Balaban J connectivity index is 0.00000208. The maximum atomic E-state index is 12.6.